The molecule has 0 aliphatic heterocycles. The lowest BCUT2D eigenvalue weighted by molar-refractivity contribution is 0.0985. The van der Waals surface area contributed by atoms with Crippen molar-refractivity contribution in [2.45, 2.75) is 0 Å². The molecule has 10 heteroatoms. The first-order chi connectivity index (χ1) is 13.3. The summed E-state index contributed by atoms with van der Waals surface area (Å²) in [6, 6.07) is 5.12. The van der Waals surface area contributed by atoms with Gasteiger partial charge in [0.15, 0.2) is 0 Å². The average molecular weight is 392 g/mol. The number of anilines is 2. The number of nitrogens with zero attached hydrogens (tertiary/aromatic N) is 2. The van der Waals surface area contributed by atoms with Crippen LogP contribution in [0, 0.1) is 23.3 Å². The van der Waals surface area contributed by atoms with Crippen LogP contribution in [0.2, 0.25) is 0 Å². The lowest BCUT2D eigenvalue weighted by Crippen LogP contribution is -2.22. The summed E-state index contributed by atoms with van der Waals surface area (Å²) < 4.78 is 54.5. The number of aromatic nitrogens is 2. The summed E-state index contributed by atoms with van der Waals surface area (Å²) in [6.45, 7) is 0. The number of halogens is 4. The van der Waals surface area contributed by atoms with E-state index in [-0.39, 0.29) is 22.6 Å². The molecule has 0 aliphatic rings. The maximum absolute atomic E-state index is 13.7. The maximum atomic E-state index is 13.7. The standard InChI is InChI=1S/C18H12F4N4O2/c1-26-16(18(28)25-15-5-3-10(20)7-13(15)22)11(8-23-26)17(27)24-14-4-2-9(19)6-12(14)21/h2-8H,1H3,(H,24,27)(H,25,28). The van der Waals surface area contributed by atoms with Crippen molar-refractivity contribution in [1.82, 2.24) is 9.78 Å². The number of rotatable bonds is 4. The predicted octanol–water partition coefficient (Wildman–Crippen LogP) is 3.48. The summed E-state index contributed by atoms with van der Waals surface area (Å²) in [5.74, 6) is -5.43. The lowest BCUT2D eigenvalue weighted by atomic mass is 10.2. The number of aryl methyl sites for hydroxylation is 1. The molecular formula is C18H12F4N4O2. The van der Waals surface area contributed by atoms with E-state index in [0.717, 1.165) is 35.1 Å². The van der Waals surface area contributed by atoms with E-state index in [1.54, 1.807) is 0 Å². The Balaban J connectivity index is 1.86. The minimum Gasteiger partial charge on any atom is -0.319 e. The van der Waals surface area contributed by atoms with Gasteiger partial charge in [0.25, 0.3) is 11.8 Å². The molecule has 0 fully saturated rings. The van der Waals surface area contributed by atoms with Gasteiger partial charge in [0.2, 0.25) is 0 Å². The summed E-state index contributed by atoms with van der Waals surface area (Å²) in [5.41, 5.74) is -1.08. The quantitative estimate of drug-likeness (QED) is 0.668. The van der Waals surface area contributed by atoms with Crippen molar-refractivity contribution < 1.29 is 27.2 Å². The van der Waals surface area contributed by atoms with Gasteiger partial charge in [-0.05, 0) is 24.3 Å². The van der Waals surface area contributed by atoms with Crippen LogP contribution in [0.15, 0.2) is 42.6 Å². The first kappa shape index (κ1) is 19.1. The first-order valence-corrected chi connectivity index (χ1v) is 7.81. The lowest BCUT2D eigenvalue weighted by Gasteiger charge is -2.10. The Kier molecular flexibility index (Phi) is 5.12. The molecule has 2 aromatic carbocycles. The van der Waals surface area contributed by atoms with Gasteiger partial charge in [0.1, 0.15) is 29.0 Å². The second-order valence-electron chi connectivity index (χ2n) is 5.69. The summed E-state index contributed by atoms with van der Waals surface area (Å²) >= 11 is 0. The number of amides is 2. The van der Waals surface area contributed by atoms with Crippen molar-refractivity contribution in [2.75, 3.05) is 10.6 Å². The topological polar surface area (TPSA) is 76.0 Å². The molecule has 3 aromatic rings. The van der Waals surface area contributed by atoms with Gasteiger partial charge >= 0.3 is 0 Å². The molecule has 0 radical (unpaired) electrons. The predicted molar refractivity (Wildman–Crippen MR) is 91.8 cm³/mol. The van der Waals surface area contributed by atoms with Crippen molar-refractivity contribution in [3.63, 3.8) is 0 Å². The molecule has 0 unspecified atom stereocenters. The number of hydrogen-bond donors (Lipinski definition) is 2. The normalized spacial score (nSPS) is 10.6. The fourth-order valence-electron chi connectivity index (χ4n) is 2.43. The molecule has 1 heterocycles. The summed E-state index contributed by atoms with van der Waals surface area (Å²) in [5, 5.41) is 8.22. The molecule has 0 atom stereocenters. The zero-order chi connectivity index (χ0) is 20.4. The molecule has 0 bridgehead atoms. The van der Waals surface area contributed by atoms with Crippen LogP contribution in [-0.4, -0.2) is 21.6 Å². The Morgan fingerprint density at radius 2 is 1.36 bits per heavy atom. The molecule has 2 N–H and O–H groups in total. The Morgan fingerprint density at radius 3 is 1.86 bits per heavy atom. The van der Waals surface area contributed by atoms with Gasteiger partial charge in [-0.1, -0.05) is 0 Å². The van der Waals surface area contributed by atoms with Gasteiger partial charge in [-0.25, -0.2) is 17.6 Å². The van der Waals surface area contributed by atoms with E-state index >= 15 is 0 Å². The molecule has 6 nitrogen and oxygen atoms in total. The van der Waals surface area contributed by atoms with E-state index in [9.17, 15) is 27.2 Å². The molecule has 2 amide bonds. The zero-order valence-corrected chi connectivity index (χ0v) is 14.3. The van der Waals surface area contributed by atoms with E-state index in [1.807, 2.05) is 0 Å². The third kappa shape index (κ3) is 3.85. The number of carbonyl (C=O) groups is 2. The fourth-order valence-corrected chi connectivity index (χ4v) is 2.43. The van der Waals surface area contributed by atoms with Crippen LogP contribution in [0.4, 0.5) is 28.9 Å². The Morgan fingerprint density at radius 1 is 0.857 bits per heavy atom. The Labute approximate surface area is 155 Å². The van der Waals surface area contributed by atoms with Gasteiger partial charge in [0.05, 0.1) is 23.1 Å². The van der Waals surface area contributed by atoms with Gasteiger partial charge in [0, 0.05) is 19.2 Å². The van der Waals surface area contributed by atoms with Crippen LogP contribution >= 0.6 is 0 Å². The van der Waals surface area contributed by atoms with Crippen molar-refractivity contribution in [2.24, 2.45) is 7.05 Å². The molecule has 0 spiro atoms. The summed E-state index contributed by atoms with van der Waals surface area (Å²) in [4.78, 5) is 24.9. The average Bonchev–Trinajstić information content (AvgIpc) is 3.01. The highest BCUT2D eigenvalue weighted by Crippen LogP contribution is 2.20. The van der Waals surface area contributed by atoms with Crippen molar-refractivity contribution in [1.29, 1.82) is 0 Å². The zero-order valence-electron chi connectivity index (χ0n) is 14.3. The second kappa shape index (κ2) is 7.51. The Bertz CT molecular complexity index is 1080. The molecule has 0 saturated carbocycles. The van der Waals surface area contributed by atoms with Gasteiger partial charge in [-0.2, -0.15) is 5.10 Å². The Hall–Kier alpha value is -3.69. The molecule has 28 heavy (non-hydrogen) atoms. The maximum Gasteiger partial charge on any atom is 0.274 e. The highest BCUT2D eigenvalue weighted by Gasteiger charge is 2.23. The monoisotopic (exact) mass is 392 g/mol. The van der Waals surface area contributed by atoms with Gasteiger partial charge in [-0.15, -0.1) is 0 Å². The fraction of sp³-hybridized carbons (Fsp3) is 0.0556. The van der Waals surface area contributed by atoms with Gasteiger partial charge in [-0.3, -0.25) is 14.3 Å². The molecule has 144 valence electrons. The minimum absolute atomic E-state index is 0.230. The van der Waals surface area contributed by atoms with E-state index in [2.05, 4.69) is 15.7 Å². The smallest absolute Gasteiger partial charge is 0.274 e. The number of benzene rings is 2. The minimum atomic E-state index is -1.00. The highest BCUT2D eigenvalue weighted by atomic mass is 19.1. The number of carbonyl (C=O) groups excluding carboxylic acids is 2. The largest absolute Gasteiger partial charge is 0.319 e. The van der Waals surface area contributed by atoms with Crippen LogP contribution in [-0.2, 0) is 7.05 Å². The van der Waals surface area contributed by atoms with E-state index < -0.39 is 35.1 Å². The van der Waals surface area contributed by atoms with Crippen LogP contribution in [0.5, 0.6) is 0 Å². The van der Waals surface area contributed by atoms with Crippen molar-refractivity contribution in [3.8, 4) is 0 Å². The SMILES string of the molecule is Cn1ncc(C(=O)Nc2ccc(F)cc2F)c1C(=O)Nc1ccc(F)cc1F. The van der Waals surface area contributed by atoms with Crippen molar-refractivity contribution >= 4 is 23.2 Å². The third-order valence-corrected chi connectivity index (χ3v) is 3.76. The first-order valence-electron chi connectivity index (χ1n) is 7.81. The van der Waals surface area contributed by atoms with Crippen LogP contribution in [0.1, 0.15) is 20.8 Å². The summed E-state index contributed by atoms with van der Waals surface area (Å²) in [7, 11) is 1.37. The molecule has 0 saturated heterocycles. The third-order valence-electron chi connectivity index (χ3n) is 3.76. The summed E-state index contributed by atoms with van der Waals surface area (Å²) in [6.07, 6.45) is 1.06. The van der Waals surface area contributed by atoms with E-state index in [4.69, 9.17) is 0 Å². The van der Waals surface area contributed by atoms with Crippen LogP contribution < -0.4 is 10.6 Å². The molecule has 1 aromatic heterocycles. The van der Waals surface area contributed by atoms with Crippen molar-refractivity contribution in [3.05, 3.63) is 77.1 Å². The molecule has 3 rings (SSSR count). The second-order valence-corrected chi connectivity index (χ2v) is 5.69. The number of nitrogens with one attached hydrogen (secondary N) is 2. The number of hydrogen-bond acceptors (Lipinski definition) is 3. The highest BCUT2D eigenvalue weighted by molar-refractivity contribution is 6.14. The van der Waals surface area contributed by atoms with Crippen LogP contribution in [0.3, 0.4) is 0 Å². The molecular weight excluding hydrogens is 380 g/mol. The van der Waals surface area contributed by atoms with E-state index in [1.165, 1.54) is 7.05 Å². The van der Waals surface area contributed by atoms with Gasteiger partial charge < -0.3 is 10.6 Å². The van der Waals surface area contributed by atoms with Crippen LogP contribution in [0.25, 0.3) is 0 Å². The van der Waals surface area contributed by atoms with E-state index in [0.29, 0.717) is 12.1 Å². The molecule has 0 aliphatic carbocycles.